The molecule has 0 atom stereocenters. The van der Waals surface area contributed by atoms with Gasteiger partial charge >= 0.3 is 0 Å². The summed E-state index contributed by atoms with van der Waals surface area (Å²) >= 11 is 0. The molecule has 0 saturated heterocycles. The Bertz CT molecular complexity index is 2510. The van der Waals surface area contributed by atoms with Crippen LogP contribution in [0.25, 0.3) is 66.1 Å². The van der Waals surface area contributed by atoms with Gasteiger partial charge in [-0.25, -0.2) is 0 Å². The lowest BCUT2D eigenvalue weighted by Crippen LogP contribution is -1.92. The summed E-state index contributed by atoms with van der Waals surface area (Å²) in [5, 5.41) is 16.1. The number of nitrogens with one attached hydrogen (secondary N) is 1. The summed E-state index contributed by atoms with van der Waals surface area (Å²) in [5.41, 5.74) is 8.59. The molecule has 220 valence electrons. The predicted octanol–water partition coefficient (Wildman–Crippen LogP) is 10.5. The number of nitrogens with zero attached hydrogens (tertiary/aromatic N) is 3. The third kappa shape index (κ3) is 4.69. The Morgan fingerprint density at radius 1 is 0.543 bits per heavy atom. The highest BCUT2D eigenvalue weighted by Crippen LogP contribution is 2.34. The van der Waals surface area contributed by atoms with Crippen LogP contribution in [-0.4, -0.2) is 19.0 Å². The number of fused-ring (bicyclic) bond motifs is 6. The van der Waals surface area contributed by atoms with Gasteiger partial charge in [0.2, 0.25) is 0 Å². The van der Waals surface area contributed by atoms with Crippen molar-refractivity contribution in [2.24, 2.45) is 0 Å². The largest absolute Gasteiger partial charge is 0.354 e. The van der Waals surface area contributed by atoms with Crippen LogP contribution in [-0.2, 0) is 0 Å². The maximum absolute atomic E-state index is 11.2. The molecule has 3 aromatic heterocycles. The average molecular weight is 597 g/mol. The fraction of sp³-hybridized carbons (Fsp3) is 0. The number of rotatable bonds is 4. The summed E-state index contributed by atoms with van der Waals surface area (Å²) in [5.74, 6) is 0. The maximum Gasteiger partial charge on any atom is 0.277 e. The van der Waals surface area contributed by atoms with E-state index in [1.54, 1.807) is 12.1 Å². The van der Waals surface area contributed by atoms with Crippen LogP contribution in [0.3, 0.4) is 0 Å². The summed E-state index contributed by atoms with van der Waals surface area (Å²) in [6, 6.07) is 50.5. The molecule has 6 nitrogen and oxygen atoms in total. The second-order valence-electron chi connectivity index (χ2n) is 11.2. The van der Waals surface area contributed by atoms with Crippen molar-refractivity contribution in [3.63, 3.8) is 0 Å². The van der Waals surface area contributed by atoms with Crippen LogP contribution in [0.5, 0.6) is 0 Å². The normalized spacial score (nSPS) is 11.2. The van der Waals surface area contributed by atoms with Gasteiger partial charge < -0.3 is 14.1 Å². The highest BCUT2D eigenvalue weighted by atomic mass is 16.6. The molecule has 1 N–H and O–H groups in total. The van der Waals surface area contributed by atoms with Crippen molar-refractivity contribution in [2.45, 2.75) is 0 Å². The molecule has 0 radical (unpaired) electrons. The number of nitro groups is 1. The van der Waals surface area contributed by atoms with Gasteiger partial charge in [-0.15, -0.1) is 0 Å². The zero-order chi connectivity index (χ0) is 31.0. The molecule has 0 bridgehead atoms. The van der Waals surface area contributed by atoms with Gasteiger partial charge in [0.15, 0.2) is 0 Å². The standard InChI is InChI=1S/C20H14N2O2.C20H14N2/c23-22(24)20-9-5-4-8-18(20)15-10-11-19-16(14-15)12-13-21(19)17-6-2-1-3-7-17;1-2-6-14(7-3-1)22-13-12-17-19(22)11-10-16-15-8-4-5-9-18(15)21-20(16)17/h1-14H;1-13,21H. The first-order valence-corrected chi connectivity index (χ1v) is 15.1. The number of para-hydroxylation sites is 4. The van der Waals surface area contributed by atoms with Crippen molar-refractivity contribution >= 4 is 49.3 Å². The highest BCUT2D eigenvalue weighted by Gasteiger charge is 2.15. The van der Waals surface area contributed by atoms with E-state index in [0.717, 1.165) is 22.2 Å². The SMILES string of the molecule is O=[N+]([O-])c1ccccc1-c1ccc2c(ccn2-c2ccccc2)c1.c1ccc(-n2ccc3c4[nH]c5ccccc5c4ccc32)cc1. The Morgan fingerprint density at radius 3 is 1.93 bits per heavy atom. The van der Waals surface area contributed by atoms with E-state index in [1.165, 1.54) is 44.5 Å². The molecule has 9 aromatic rings. The van der Waals surface area contributed by atoms with Crippen LogP contribution in [0, 0.1) is 10.1 Å². The van der Waals surface area contributed by atoms with Crippen LogP contribution < -0.4 is 0 Å². The second kappa shape index (κ2) is 11.3. The molecular weight excluding hydrogens is 568 g/mol. The van der Waals surface area contributed by atoms with Gasteiger partial charge in [0.1, 0.15) is 0 Å². The van der Waals surface area contributed by atoms with Gasteiger partial charge in [0, 0.05) is 56.9 Å². The van der Waals surface area contributed by atoms with Crippen molar-refractivity contribution < 1.29 is 4.92 Å². The quantitative estimate of drug-likeness (QED) is 0.162. The molecule has 0 saturated carbocycles. The number of nitro benzene ring substituents is 1. The predicted molar refractivity (Wildman–Crippen MR) is 188 cm³/mol. The number of benzene rings is 6. The Kier molecular flexibility index (Phi) is 6.65. The first-order valence-electron chi connectivity index (χ1n) is 15.1. The number of hydrogen-bond donors (Lipinski definition) is 1. The molecular formula is C40H28N4O2. The zero-order valence-electron chi connectivity index (χ0n) is 24.7. The fourth-order valence-corrected chi connectivity index (χ4v) is 6.35. The number of aromatic amines is 1. The summed E-state index contributed by atoms with van der Waals surface area (Å²) in [6.07, 6.45) is 4.16. The summed E-state index contributed by atoms with van der Waals surface area (Å²) in [4.78, 5) is 14.5. The van der Waals surface area contributed by atoms with Gasteiger partial charge in [-0.3, -0.25) is 10.1 Å². The summed E-state index contributed by atoms with van der Waals surface area (Å²) in [6.45, 7) is 0. The van der Waals surface area contributed by atoms with E-state index in [0.29, 0.717) is 5.56 Å². The van der Waals surface area contributed by atoms with Crippen LogP contribution in [0.4, 0.5) is 5.69 Å². The molecule has 6 heteroatoms. The molecule has 0 aliphatic heterocycles. The molecule has 0 aliphatic carbocycles. The van der Waals surface area contributed by atoms with Gasteiger partial charge in [-0.05, 0) is 72.3 Å². The molecule has 0 aliphatic rings. The first-order chi connectivity index (χ1) is 22.7. The monoisotopic (exact) mass is 596 g/mol. The molecule has 9 rings (SSSR count). The highest BCUT2D eigenvalue weighted by molar-refractivity contribution is 6.16. The lowest BCUT2D eigenvalue weighted by molar-refractivity contribution is -0.384. The molecule has 0 spiro atoms. The van der Waals surface area contributed by atoms with E-state index in [1.807, 2.05) is 60.8 Å². The third-order valence-corrected chi connectivity index (χ3v) is 8.52. The van der Waals surface area contributed by atoms with E-state index < -0.39 is 0 Å². The minimum Gasteiger partial charge on any atom is -0.354 e. The van der Waals surface area contributed by atoms with Crippen LogP contribution in [0.15, 0.2) is 164 Å². The lowest BCUT2D eigenvalue weighted by atomic mass is 10.0. The van der Waals surface area contributed by atoms with E-state index in [-0.39, 0.29) is 10.6 Å². The van der Waals surface area contributed by atoms with Crippen molar-refractivity contribution in [1.82, 2.24) is 14.1 Å². The van der Waals surface area contributed by atoms with Gasteiger partial charge in [-0.2, -0.15) is 0 Å². The third-order valence-electron chi connectivity index (χ3n) is 8.52. The second-order valence-corrected chi connectivity index (χ2v) is 11.2. The summed E-state index contributed by atoms with van der Waals surface area (Å²) in [7, 11) is 0. The van der Waals surface area contributed by atoms with E-state index in [9.17, 15) is 10.1 Å². The van der Waals surface area contributed by atoms with Crippen molar-refractivity contribution in [1.29, 1.82) is 0 Å². The molecule has 0 fully saturated rings. The maximum atomic E-state index is 11.2. The van der Waals surface area contributed by atoms with Crippen LogP contribution in [0.1, 0.15) is 0 Å². The van der Waals surface area contributed by atoms with Gasteiger partial charge in [0.25, 0.3) is 5.69 Å². The number of H-pyrrole nitrogens is 1. The van der Waals surface area contributed by atoms with Gasteiger partial charge in [0.05, 0.1) is 27.0 Å². The zero-order valence-corrected chi connectivity index (χ0v) is 24.7. The Balaban J connectivity index is 0.000000136. The Morgan fingerprint density at radius 2 is 1.17 bits per heavy atom. The van der Waals surface area contributed by atoms with Crippen molar-refractivity contribution in [3.8, 4) is 22.5 Å². The van der Waals surface area contributed by atoms with E-state index in [2.05, 4.69) is 99.2 Å². The van der Waals surface area contributed by atoms with Crippen molar-refractivity contribution in [2.75, 3.05) is 0 Å². The fourth-order valence-electron chi connectivity index (χ4n) is 6.35. The molecule has 0 amide bonds. The van der Waals surface area contributed by atoms with Crippen LogP contribution in [0.2, 0.25) is 0 Å². The minimum atomic E-state index is -0.339. The van der Waals surface area contributed by atoms with Crippen LogP contribution >= 0.6 is 0 Å². The smallest absolute Gasteiger partial charge is 0.277 e. The first kappa shape index (κ1) is 27.2. The Hall–Kier alpha value is -6.40. The molecule has 3 heterocycles. The number of hydrogen-bond acceptors (Lipinski definition) is 2. The lowest BCUT2D eigenvalue weighted by Gasteiger charge is -2.07. The molecule has 6 aromatic carbocycles. The minimum absolute atomic E-state index is 0.124. The Labute approximate surface area is 264 Å². The van der Waals surface area contributed by atoms with Gasteiger partial charge in [-0.1, -0.05) is 78.9 Å². The molecule has 0 unspecified atom stereocenters. The van der Waals surface area contributed by atoms with E-state index >= 15 is 0 Å². The van der Waals surface area contributed by atoms with E-state index in [4.69, 9.17) is 0 Å². The van der Waals surface area contributed by atoms with Crippen molar-refractivity contribution in [3.05, 3.63) is 174 Å². The average Bonchev–Trinajstić information content (AvgIpc) is 3.84. The summed E-state index contributed by atoms with van der Waals surface area (Å²) < 4.78 is 4.35. The molecule has 46 heavy (non-hydrogen) atoms. The number of aromatic nitrogens is 3. The topological polar surface area (TPSA) is 68.8 Å².